The summed E-state index contributed by atoms with van der Waals surface area (Å²) in [5, 5.41) is 0.419. The Balaban J connectivity index is 1.50. The summed E-state index contributed by atoms with van der Waals surface area (Å²) in [4.78, 5) is 20.8. The SMILES string of the molecule is O=c1c2cccnc2ncn1Cc1ccc(-c2ccc3cccn3c2)cc1F. The molecular weight excluding hydrogens is 355 g/mol. The standard InChI is InChI=1S/C22H15FN4O/c23-20-11-15(16-7-8-18-3-2-10-26(18)12-16)5-6-17(20)13-27-14-25-21-19(22(27)28)4-1-9-24-21/h1-12,14H,13H2. The van der Waals surface area contributed by atoms with E-state index in [9.17, 15) is 9.18 Å². The first-order valence-corrected chi connectivity index (χ1v) is 8.85. The summed E-state index contributed by atoms with van der Waals surface area (Å²) in [5.41, 5.74) is 3.37. The first kappa shape index (κ1) is 16.4. The Bertz CT molecular complexity index is 1390. The Hall–Kier alpha value is -3.80. The lowest BCUT2D eigenvalue weighted by Crippen LogP contribution is -2.21. The van der Waals surface area contributed by atoms with Crippen molar-refractivity contribution in [2.24, 2.45) is 0 Å². The van der Waals surface area contributed by atoms with Crippen molar-refractivity contribution in [2.75, 3.05) is 0 Å². The monoisotopic (exact) mass is 370 g/mol. The van der Waals surface area contributed by atoms with Gasteiger partial charge < -0.3 is 4.40 Å². The van der Waals surface area contributed by atoms with Gasteiger partial charge in [0.2, 0.25) is 0 Å². The van der Waals surface area contributed by atoms with Gasteiger partial charge in [-0.2, -0.15) is 0 Å². The van der Waals surface area contributed by atoms with Crippen LogP contribution in [0.3, 0.4) is 0 Å². The maximum absolute atomic E-state index is 14.8. The number of fused-ring (bicyclic) bond motifs is 2. The first-order chi connectivity index (χ1) is 13.7. The smallest absolute Gasteiger partial charge is 0.263 e. The van der Waals surface area contributed by atoms with E-state index in [1.807, 2.05) is 47.1 Å². The van der Waals surface area contributed by atoms with Crippen LogP contribution in [-0.2, 0) is 6.54 Å². The van der Waals surface area contributed by atoms with Crippen LogP contribution in [0.2, 0.25) is 0 Å². The van der Waals surface area contributed by atoms with Crippen LogP contribution in [0.5, 0.6) is 0 Å². The number of halogens is 1. The predicted octanol–water partition coefficient (Wildman–Crippen LogP) is 3.90. The van der Waals surface area contributed by atoms with E-state index in [1.165, 1.54) is 17.0 Å². The van der Waals surface area contributed by atoms with Gasteiger partial charge in [0.1, 0.15) is 12.1 Å². The zero-order valence-electron chi connectivity index (χ0n) is 14.8. The summed E-state index contributed by atoms with van der Waals surface area (Å²) in [6, 6.07) is 16.4. The normalized spacial score (nSPS) is 11.3. The molecule has 0 bridgehead atoms. The molecule has 6 heteroatoms. The highest BCUT2D eigenvalue weighted by atomic mass is 19.1. The zero-order chi connectivity index (χ0) is 19.1. The molecule has 0 N–H and O–H groups in total. The summed E-state index contributed by atoms with van der Waals surface area (Å²) < 4.78 is 18.2. The topological polar surface area (TPSA) is 52.2 Å². The van der Waals surface area contributed by atoms with E-state index in [-0.39, 0.29) is 17.9 Å². The lowest BCUT2D eigenvalue weighted by Gasteiger charge is -2.09. The molecule has 5 aromatic rings. The van der Waals surface area contributed by atoms with E-state index in [0.29, 0.717) is 16.6 Å². The van der Waals surface area contributed by atoms with Gasteiger partial charge in [-0.3, -0.25) is 9.36 Å². The highest BCUT2D eigenvalue weighted by molar-refractivity contribution is 5.72. The molecule has 0 aliphatic rings. The number of nitrogens with zero attached hydrogens (tertiary/aromatic N) is 4. The van der Waals surface area contributed by atoms with Crippen molar-refractivity contribution >= 4 is 16.6 Å². The van der Waals surface area contributed by atoms with Crippen molar-refractivity contribution in [2.45, 2.75) is 6.54 Å². The van der Waals surface area contributed by atoms with Crippen molar-refractivity contribution < 1.29 is 4.39 Å². The van der Waals surface area contributed by atoms with E-state index in [1.54, 1.807) is 24.4 Å². The molecule has 5 nitrogen and oxygen atoms in total. The third-order valence-corrected chi connectivity index (χ3v) is 4.85. The van der Waals surface area contributed by atoms with Gasteiger partial charge in [-0.05, 0) is 47.5 Å². The van der Waals surface area contributed by atoms with Crippen molar-refractivity contribution in [3.8, 4) is 11.1 Å². The van der Waals surface area contributed by atoms with Crippen LogP contribution in [0.25, 0.3) is 27.7 Å². The van der Waals surface area contributed by atoms with Crippen LogP contribution in [0.4, 0.5) is 4.39 Å². The Kier molecular flexibility index (Phi) is 3.76. The van der Waals surface area contributed by atoms with Gasteiger partial charge in [0, 0.05) is 29.7 Å². The highest BCUT2D eigenvalue weighted by Crippen LogP contribution is 2.23. The molecule has 5 rings (SSSR count). The highest BCUT2D eigenvalue weighted by Gasteiger charge is 2.10. The minimum atomic E-state index is -0.358. The zero-order valence-corrected chi connectivity index (χ0v) is 14.8. The average Bonchev–Trinajstić information content (AvgIpc) is 3.19. The number of rotatable bonds is 3. The molecule has 0 atom stereocenters. The van der Waals surface area contributed by atoms with Crippen LogP contribution >= 0.6 is 0 Å². The van der Waals surface area contributed by atoms with E-state index in [4.69, 9.17) is 0 Å². The Morgan fingerprint density at radius 1 is 0.964 bits per heavy atom. The fourth-order valence-corrected chi connectivity index (χ4v) is 3.35. The van der Waals surface area contributed by atoms with Crippen molar-refractivity contribution in [1.82, 2.24) is 18.9 Å². The Morgan fingerprint density at radius 3 is 2.75 bits per heavy atom. The van der Waals surface area contributed by atoms with Gasteiger partial charge in [-0.25, -0.2) is 14.4 Å². The largest absolute Gasteiger partial charge is 0.323 e. The molecule has 0 fully saturated rings. The van der Waals surface area contributed by atoms with Crippen LogP contribution in [-0.4, -0.2) is 18.9 Å². The molecule has 4 heterocycles. The molecule has 0 unspecified atom stereocenters. The van der Waals surface area contributed by atoms with Crippen LogP contribution in [0.1, 0.15) is 5.56 Å². The van der Waals surface area contributed by atoms with Crippen LogP contribution < -0.4 is 5.56 Å². The van der Waals surface area contributed by atoms with Gasteiger partial charge in [0.05, 0.1) is 11.9 Å². The molecule has 0 saturated carbocycles. The molecule has 28 heavy (non-hydrogen) atoms. The Morgan fingerprint density at radius 2 is 1.86 bits per heavy atom. The summed E-state index contributed by atoms with van der Waals surface area (Å²) in [5.74, 6) is -0.358. The molecular formula is C22H15FN4O. The van der Waals surface area contributed by atoms with E-state index in [0.717, 1.165) is 16.6 Å². The quantitative estimate of drug-likeness (QED) is 0.484. The minimum Gasteiger partial charge on any atom is -0.323 e. The number of pyridine rings is 2. The van der Waals surface area contributed by atoms with Crippen LogP contribution in [0, 0.1) is 5.82 Å². The van der Waals surface area contributed by atoms with E-state index in [2.05, 4.69) is 9.97 Å². The summed E-state index contributed by atoms with van der Waals surface area (Å²) in [7, 11) is 0. The molecule has 4 aromatic heterocycles. The molecule has 0 aliphatic carbocycles. The number of benzene rings is 1. The van der Waals surface area contributed by atoms with Crippen molar-refractivity contribution in [3.05, 3.63) is 101 Å². The second-order valence-corrected chi connectivity index (χ2v) is 6.62. The molecule has 136 valence electrons. The molecule has 0 radical (unpaired) electrons. The number of aromatic nitrogens is 4. The first-order valence-electron chi connectivity index (χ1n) is 8.85. The van der Waals surface area contributed by atoms with Crippen LogP contribution in [0.15, 0.2) is 84.3 Å². The lowest BCUT2D eigenvalue weighted by molar-refractivity contribution is 0.595. The Labute approximate surface area is 159 Å². The summed E-state index contributed by atoms with van der Waals surface area (Å²) in [6.07, 6.45) is 6.92. The van der Waals surface area contributed by atoms with Crippen molar-refractivity contribution in [3.63, 3.8) is 0 Å². The van der Waals surface area contributed by atoms with Gasteiger partial charge in [0.25, 0.3) is 5.56 Å². The van der Waals surface area contributed by atoms with Crippen molar-refractivity contribution in [1.29, 1.82) is 0 Å². The molecule has 0 spiro atoms. The fraction of sp³-hybridized carbons (Fsp3) is 0.0455. The van der Waals surface area contributed by atoms with E-state index >= 15 is 0 Å². The summed E-state index contributed by atoms with van der Waals surface area (Å²) >= 11 is 0. The third kappa shape index (κ3) is 2.75. The maximum Gasteiger partial charge on any atom is 0.263 e. The molecule has 0 amide bonds. The fourth-order valence-electron chi connectivity index (χ4n) is 3.35. The molecule has 0 saturated heterocycles. The molecule has 1 aromatic carbocycles. The van der Waals surface area contributed by atoms with E-state index < -0.39 is 0 Å². The predicted molar refractivity (Wildman–Crippen MR) is 106 cm³/mol. The van der Waals surface area contributed by atoms with Gasteiger partial charge in [0.15, 0.2) is 5.65 Å². The van der Waals surface area contributed by atoms with Gasteiger partial charge >= 0.3 is 0 Å². The average molecular weight is 370 g/mol. The lowest BCUT2D eigenvalue weighted by atomic mass is 10.0. The minimum absolute atomic E-state index is 0.111. The second-order valence-electron chi connectivity index (χ2n) is 6.62. The maximum atomic E-state index is 14.8. The molecule has 0 aliphatic heterocycles. The van der Waals surface area contributed by atoms with Gasteiger partial charge in [-0.1, -0.05) is 18.2 Å². The third-order valence-electron chi connectivity index (χ3n) is 4.85. The number of hydrogen-bond donors (Lipinski definition) is 0. The second kappa shape index (κ2) is 6.42. The number of hydrogen-bond acceptors (Lipinski definition) is 3. The van der Waals surface area contributed by atoms with Gasteiger partial charge in [-0.15, -0.1) is 0 Å². The summed E-state index contributed by atoms with van der Waals surface area (Å²) in [6.45, 7) is 0.111.